The first-order chi connectivity index (χ1) is 8.19. The lowest BCUT2D eigenvalue weighted by Gasteiger charge is -2.12. The summed E-state index contributed by atoms with van der Waals surface area (Å²) in [5.74, 6) is 0.502. The summed E-state index contributed by atoms with van der Waals surface area (Å²) in [6.07, 6.45) is 0.712. The maximum atomic E-state index is 10.9. The highest BCUT2D eigenvalue weighted by Gasteiger charge is 2.08. The molecule has 94 valence electrons. The molecule has 4 nitrogen and oxygen atoms in total. The Balaban J connectivity index is 2.60. The van der Waals surface area contributed by atoms with E-state index in [1.54, 1.807) is 19.2 Å². The Kier molecular flexibility index (Phi) is 5.97. The molecule has 0 spiro atoms. The van der Waals surface area contributed by atoms with Gasteiger partial charge in [-0.2, -0.15) is 0 Å². The maximum Gasteiger partial charge on any atom is 0.189 e. The minimum absolute atomic E-state index is 0.0761. The predicted octanol–water partition coefficient (Wildman–Crippen LogP) is 2.46. The van der Waals surface area contributed by atoms with Gasteiger partial charge >= 0.3 is 0 Å². The summed E-state index contributed by atoms with van der Waals surface area (Å²) in [7, 11) is 1.60. The first-order valence-electron chi connectivity index (χ1n) is 5.14. The Morgan fingerprint density at radius 3 is 2.76 bits per heavy atom. The number of carbonyl (C=O) groups is 1. The number of methoxy groups -OCH3 is 1. The van der Waals surface area contributed by atoms with Crippen LogP contribution in [0.25, 0.3) is 0 Å². The number of ether oxygens (including phenoxy) is 3. The van der Waals surface area contributed by atoms with Crippen LogP contribution in [0.4, 0.5) is 0 Å². The van der Waals surface area contributed by atoms with E-state index in [4.69, 9.17) is 25.8 Å². The first-order valence-corrected chi connectivity index (χ1v) is 5.51. The molecule has 0 unspecified atom stereocenters. The van der Waals surface area contributed by atoms with Gasteiger partial charge in [0.1, 0.15) is 5.75 Å². The van der Waals surface area contributed by atoms with Gasteiger partial charge in [-0.15, -0.1) is 0 Å². The molecule has 1 aromatic carbocycles. The zero-order valence-electron chi connectivity index (χ0n) is 9.86. The number of benzene rings is 1. The molecule has 0 N–H and O–H groups in total. The van der Waals surface area contributed by atoms with Crippen molar-refractivity contribution in [3.8, 4) is 5.75 Å². The highest BCUT2D eigenvalue weighted by molar-refractivity contribution is 6.31. The Hall–Kier alpha value is -1.10. The van der Waals surface area contributed by atoms with Gasteiger partial charge in [-0.05, 0) is 24.6 Å². The van der Waals surface area contributed by atoms with Crippen molar-refractivity contribution in [2.24, 2.45) is 0 Å². The van der Waals surface area contributed by atoms with E-state index in [0.717, 1.165) is 5.56 Å². The fourth-order valence-electron chi connectivity index (χ4n) is 1.34. The molecule has 0 saturated carbocycles. The topological polar surface area (TPSA) is 44.8 Å². The molecule has 0 aliphatic rings. The van der Waals surface area contributed by atoms with Crippen LogP contribution < -0.4 is 4.74 Å². The fraction of sp³-hybridized carbons (Fsp3) is 0.417. The zero-order valence-corrected chi connectivity index (χ0v) is 10.6. The molecular formula is C12H15ClO4. The number of hydrogen-bond acceptors (Lipinski definition) is 4. The second-order valence-electron chi connectivity index (χ2n) is 3.42. The molecule has 0 saturated heterocycles. The number of aldehydes is 1. The molecular weight excluding hydrogens is 244 g/mol. The molecule has 1 aromatic rings. The van der Waals surface area contributed by atoms with Gasteiger partial charge in [-0.3, -0.25) is 4.79 Å². The van der Waals surface area contributed by atoms with Crippen LogP contribution in [0.5, 0.6) is 5.75 Å². The average molecular weight is 259 g/mol. The van der Waals surface area contributed by atoms with E-state index >= 15 is 0 Å². The average Bonchev–Trinajstić information content (AvgIpc) is 2.30. The van der Waals surface area contributed by atoms with Crippen molar-refractivity contribution in [2.75, 3.05) is 27.1 Å². The highest BCUT2D eigenvalue weighted by Crippen LogP contribution is 2.26. The van der Waals surface area contributed by atoms with Gasteiger partial charge in [0, 0.05) is 12.1 Å². The van der Waals surface area contributed by atoms with Crippen molar-refractivity contribution >= 4 is 17.9 Å². The van der Waals surface area contributed by atoms with Gasteiger partial charge in [-0.25, -0.2) is 0 Å². The summed E-state index contributed by atoms with van der Waals surface area (Å²) in [6, 6.07) is 3.30. The molecule has 17 heavy (non-hydrogen) atoms. The summed E-state index contributed by atoms with van der Waals surface area (Å²) < 4.78 is 15.4. The number of rotatable bonds is 7. The smallest absolute Gasteiger partial charge is 0.189 e. The molecule has 0 bridgehead atoms. The molecule has 0 radical (unpaired) electrons. The first kappa shape index (κ1) is 14.0. The van der Waals surface area contributed by atoms with Crippen LogP contribution in [-0.4, -0.2) is 33.4 Å². The van der Waals surface area contributed by atoms with Crippen LogP contribution in [0.15, 0.2) is 12.1 Å². The number of hydrogen-bond donors (Lipinski definition) is 0. The molecule has 1 rings (SSSR count). The summed E-state index contributed by atoms with van der Waals surface area (Å²) in [6.45, 7) is 2.85. The maximum absolute atomic E-state index is 10.9. The summed E-state index contributed by atoms with van der Waals surface area (Å²) in [5, 5.41) is 0.511. The summed E-state index contributed by atoms with van der Waals surface area (Å²) in [4.78, 5) is 10.9. The van der Waals surface area contributed by atoms with Gasteiger partial charge in [0.15, 0.2) is 13.1 Å². The van der Waals surface area contributed by atoms with E-state index < -0.39 is 0 Å². The lowest BCUT2D eigenvalue weighted by atomic mass is 10.1. The minimum Gasteiger partial charge on any atom is -0.467 e. The SMILES string of the molecule is COCCOCOc1c(C)cc(Cl)cc1C=O. The predicted molar refractivity (Wildman–Crippen MR) is 64.9 cm³/mol. The lowest BCUT2D eigenvalue weighted by Crippen LogP contribution is -2.09. The molecule has 0 aliphatic carbocycles. The van der Waals surface area contributed by atoms with Gasteiger partial charge in [0.25, 0.3) is 0 Å². The molecule has 0 heterocycles. The van der Waals surface area contributed by atoms with Crippen LogP contribution in [-0.2, 0) is 9.47 Å². The van der Waals surface area contributed by atoms with E-state index in [1.807, 2.05) is 6.92 Å². The standard InChI is InChI=1S/C12H15ClO4/c1-9-5-11(13)6-10(7-14)12(9)17-8-16-4-3-15-2/h5-7H,3-4,8H2,1-2H3. The van der Waals surface area contributed by atoms with Crippen molar-refractivity contribution in [3.05, 3.63) is 28.3 Å². The Morgan fingerprint density at radius 1 is 1.35 bits per heavy atom. The van der Waals surface area contributed by atoms with Crippen LogP contribution in [0.1, 0.15) is 15.9 Å². The quantitative estimate of drug-likeness (QED) is 0.428. The number of carbonyl (C=O) groups excluding carboxylic acids is 1. The Bertz CT molecular complexity index is 379. The van der Waals surface area contributed by atoms with Gasteiger partial charge in [0.2, 0.25) is 0 Å². The van der Waals surface area contributed by atoms with Gasteiger partial charge < -0.3 is 14.2 Å². The number of aryl methyl sites for hydroxylation is 1. The Labute approximate surface area is 105 Å². The van der Waals surface area contributed by atoms with Crippen LogP contribution in [0, 0.1) is 6.92 Å². The number of halogens is 1. The molecule has 0 fully saturated rings. The third-order valence-corrected chi connectivity index (χ3v) is 2.33. The zero-order chi connectivity index (χ0) is 12.7. The second kappa shape index (κ2) is 7.27. The van der Waals surface area contributed by atoms with E-state index in [-0.39, 0.29) is 6.79 Å². The fourth-order valence-corrected chi connectivity index (χ4v) is 1.62. The van der Waals surface area contributed by atoms with E-state index in [9.17, 15) is 4.79 Å². The largest absolute Gasteiger partial charge is 0.467 e. The van der Waals surface area contributed by atoms with Crippen LogP contribution in [0.3, 0.4) is 0 Å². The van der Waals surface area contributed by atoms with Crippen molar-refractivity contribution in [1.29, 1.82) is 0 Å². The summed E-state index contributed by atoms with van der Waals surface area (Å²) in [5.41, 5.74) is 1.22. The molecule has 0 aliphatic heterocycles. The minimum atomic E-state index is 0.0761. The molecule has 0 atom stereocenters. The third kappa shape index (κ3) is 4.34. The third-order valence-electron chi connectivity index (χ3n) is 2.11. The molecule has 0 amide bonds. The van der Waals surface area contributed by atoms with Gasteiger partial charge in [-0.1, -0.05) is 11.6 Å². The highest BCUT2D eigenvalue weighted by atomic mass is 35.5. The molecule has 0 aromatic heterocycles. The van der Waals surface area contributed by atoms with E-state index in [2.05, 4.69) is 0 Å². The van der Waals surface area contributed by atoms with E-state index in [1.165, 1.54) is 0 Å². The molecule has 5 heteroatoms. The van der Waals surface area contributed by atoms with Crippen LogP contribution >= 0.6 is 11.6 Å². The Morgan fingerprint density at radius 2 is 2.12 bits per heavy atom. The van der Waals surface area contributed by atoms with Crippen molar-refractivity contribution in [2.45, 2.75) is 6.92 Å². The van der Waals surface area contributed by atoms with Crippen molar-refractivity contribution in [3.63, 3.8) is 0 Å². The monoisotopic (exact) mass is 258 g/mol. The summed E-state index contributed by atoms with van der Waals surface area (Å²) >= 11 is 5.84. The van der Waals surface area contributed by atoms with Crippen molar-refractivity contribution in [1.82, 2.24) is 0 Å². The van der Waals surface area contributed by atoms with Gasteiger partial charge in [0.05, 0.1) is 18.8 Å². The second-order valence-corrected chi connectivity index (χ2v) is 3.86. The van der Waals surface area contributed by atoms with Crippen molar-refractivity contribution < 1.29 is 19.0 Å². The van der Waals surface area contributed by atoms with E-state index in [0.29, 0.717) is 35.8 Å². The lowest BCUT2D eigenvalue weighted by molar-refractivity contribution is -0.00895. The normalized spacial score (nSPS) is 10.3. The van der Waals surface area contributed by atoms with Crippen LogP contribution in [0.2, 0.25) is 5.02 Å².